The molecule has 0 unspecified atom stereocenters. The Kier molecular flexibility index (Phi) is 2.51. The van der Waals surface area contributed by atoms with Crippen molar-refractivity contribution in [1.82, 2.24) is 14.3 Å². The molecule has 4 aromatic rings. The van der Waals surface area contributed by atoms with Crippen LogP contribution in [0.1, 0.15) is 5.69 Å². The number of fused-ring (bicyclic) bond motifs is 2. The van der Waals surface area contributed by atoms with E-state index in [1.54, 1.807) is 0 Å². The molecule has 0 bridgehead atoms. The molecule has 0 spiro atoms. The van der Waals surface area contributed by atoms with Gasteiger partial charge in [-0.2, -0.15) is 5.10 Å². The monoisotopic (exact) mass is 276 g/mol. The topological polar surface area (TPSA) is 48.8 Å². The van der Waals surface area contributed by atoms with Crippen molar-refractivity contribution in [1.29, 1.82) is 0 Å². The largest absolute Gasteiger partial charge is 0.397 e. The summed E-state index contributed by atoms with van der Waals surface area (Å²) in [4.78, 5) is 0. The number of aryl methyl sites for hydroxylation is 1. The van der Waals surface area contributed by atoms with Crippen LogP contribution < -0.4 is 5.73 Å². The lowest BCUT2D eigenvalue weighted by Gasteiger charge is -2.06. The molecule has 0 saturated carbocycles. The molecule has 0 amide bonds. The third kappa shape index (κ3) is 1.80. The second kappa shape index (κ2) is 4.38. The standard InChI is InChI=1S/C17H16N4/c1-20-16-8-3-2-6-13(16)15(19-20)11-21-10-9-12-5-4-7-14(18)17(12)21/h2-10H,11,18H2,1H3. The van der Waals surface area contributed by atoms with Gasteiger partial charge in [-0.3, -0.25) is 4.68 Å². The number of hydrogen-bond donors (Lipinski definition) is 1. The number of para-hydroxylation sites is 2. The predicted molar refractivity (Wildman–Crippen MR) is 86.2 cm³/mol. The summed E-state index contributed by atoms with van der Waals surface area (Å²) in [6.07, 6.45) is 2.07. The van der Waals surface area contributed by atoms with Crippen molar-refractivity contribution in [2.75, 3.05) is 5.73 Å². The molecule has 4 nitrogen and oxygen atoms in total. The SMILES string of the molecule is Cn1nc(Cn2ccc3cccc(N)c32)c2ccccc21. The molecule has 4 heteroatoms. The van der Waals surface area contributed by atoms with Crippen molar-refractivity contribution in [3.8, 4) is 0 Å². The van der Waals surface area contributed by atoms with Gasteiger partial charge in [-0.05, 0) is 18.2 Å². The lowest BCUT2D eigenvalue weighted by atomic mass is 10.2. The van der Waals surface area contributed by atoms with Gasteiger partial charge >= 0.3 is 0 Å². The Hall–Kier alpha value is -2.75. The molecule has 0 aliphatic rings. The number of hydrogen-bond acceptors (Lipinski definition) is 2. The van der Waals surface area contributed by atoms with Crippen LogP contribution in [0.3, 0.4) is 0 Å². The Morgan fingerprint density at radius 2 is 1.90 bits per heavy atom. The highest BCUT2D eigenvalue weighted by atomic mass is 15.3. The highest BCUT2D eigenvalue weighted by Gasteiger charge is 2.10. The number of anilines is 1. The van der Waals surface area contributed by atoms with E-state index in [0.29, 0.717) is 0 Å². The van der Waals surface area contributed by atoms with Crippen LogP contribution in [0.4, 0.5) is 5.69 Å². The Bertz CT molecular complexity index is 946. The molecule has 4 rings (SSSR count). The Morgan fingerprint density at radius 3 is 2.81 bits per heavy atom. The van der Waals surface area contributed by atoms with E-state index >= 15 is 0 Å². The zero-order chi connectivity index (χ0) is 14.4. The van der Waals surface area contributed by atoms with Gasteiger partial charge in [0.2, 0.25) is 0 Å². The molecule has 2 aromatic heterocycles. The molecule has 21 heavy (non-hydrogen) atoms. The minimum absolute atomic E-state index is 0.721. The molecule has 0 aliphatic carbocycles. The number of nitrogen functional groups attached to an aromatic ring is 1. The predicted octanol–water partition coefficient (Wildman–Crippen LogP) is 3.16. The Morgan fingerprint density at radius 1 is 1.05 bits per heavy atom. The number of benzene rings is 2. The van der Waals surface area contributed by atoms with Crippen LogP contribution in [0.2, 0.25) is 0 Å². The minimum Gasteiger partial charge on any atom is -0.397 e. The van der Waals surface area contributed by atoms with Crippen molar-refractivity contribution in [3.05, 3.63) is 60.4 Å². The van der Waals surface area contributed by atoms with Gasteiger partial charge in [-0.1, -0.05) is 30.3 Å². The molecular weight excluding hydrogens is 260 g/mol. The van der Waals surface area contributed by atoms with E-state index in [9.17, 15) is 0 Å². The molecule has 2 N–H and O–H groups in total. The first-order chi connectivity index (χ1) is 10.2. The molecule has 0 fully saturated rings. The van der Waals surface area contributed by atoms with Gasteiger partial charge in [-0.15, -0.1) is 0 Å². The first-order valence-electron chi connectivity index (χ1n) is 6.98. The number of nitrogens with zero attached hydrogens (tertiary/aromatic N) is 3. The van der Waals surface area contributed by atoms with Crippen LogP contribution in [0.15, 0.2) is 54.7 Å². The van der Waals surface area contributed by atoms with Crippen molar-refractivity contribution in [2.24, 2.45) is 7.05 Å². The maximum absolute atomic E-state index is 6.13. The fourth-order valence-corrected chi connectivity index (χ4v) is 2.99. The number of nitrogens with two attached hydrogens (primary N) is 1. The van der Waals surface area contributed by atoms with Crippen molar-refractivity contribution in [3.63, 3.8) is 0 Å². The van der Waals surface area contributed by atoms with Gasteiger partial charge in [0.1, 0.15) is 0 Å². The molecule has 0 saturated heterocycles. The minimum atomic E-state index is 0.721. The summed E-state index contributed by atoms with van der Waals surface area (Å²) in [6, 6.07) is 16.4. The highest BCUT2D eigenvalue weighted by Crippen LogP contribution is 2.25. The summed E-state index contributed by atoms with van der Waals surface area (Å²) in [5, 5.41) is 7.01. The zero-order valence-electron chi connectivity index (χ0n) is 11.8. The molecule has 0 aliphatic heterocycles. The normalized spacial score (nSPS) is 11.5. The van der Waals surface area contributed by atoms with Gasteiger partial charge in [0.05, 0.1) is 29.0 Å². The summed E-state index contributed by atoms with van der Waals surface area (Å²) in [5.41, 5.74) is 10.2. The van der Waals surface area contributed by atoms with Crippen LogP contribution >= 0.6 is 0 Å². The average Bonchev–Trinajstić information content (AvgIpc) is 3.04. The van der Waals surface area contributed by atoms with E-state index in [4.69, 9.17) is 5.73 Å². The van der Waals surface area contributed by atoms with E-state index in [2.05, 4.69) is 46.2 Å². The number of rotatable bonds is 2. The second-order valence-corrected chi connectivity index (χ2v) is 5.32. The van der Waals surface area contributed by atoms with Gasteiger partial charge in [-0.25, -0.2) is 0 Å². The van der Waals surface area contributed by atoms with Crippen LogP contribution in [0.5, 0.6) is 0 Å². The van der Waals surface area contributed by atoms with Crippen LogP contribution in [0.25, 0.3) is 21.8 Å². The second-order valence-electron chi connectivity index (χ2n) is 5.32. The van der Waals surface area contributed by atoms with Crippen LogP contribution in [-0.4, -0.2) is 14.3 Å². The molecule has 104 valence electrons. The third-order valence-corrected chi connectivity index (χ3v) is 3.97. The van der Waals surface area contributed by atoms with E-state index in [1.165, 1.54) is 5.39 Å². The number of aromatic nitrogens is 3. The Balaban J connectivity index is 1.87. The van der Waals surface area contributed by atoms with Crippen molar-refractivity contribution >= 4 is 27.5 Å². The van der Waals surface area contributed by atoms with Gasteiger partial charge in [0.15, 0.2) is 0 Å². The first kappa shape index (κ1) is 12.0. The smallest absolute Gasteiger partial charge is 0.0900 e. The maximum Gasteiger partial charge on any atom is 0.0900 e. The lowest BCUT2D eigenvalue weighted by Crippen LogP contribution is -2.02. The van der Waals surface area contributed by atoms with E-state index < -0.39 is 0 Å². The van der Waals surface area contributed by atoms with Crippen molar-refractivity contribution in [2.45, 2.75) is 6.54 Å². The van der Waals surface area contributed by atoms with Crippen LogP contribution in [-0.2, 0) is 13.6 Å². The fourth-order valence-electron chi connectivity index (χ4n) is 2.99. The summed E-state index contributed by atoms with van der Waals surface area (Å²) in [6.45, 7) is 0.721. The zero-order valence-corrected chi connectivity index (χ0v) is 11.8. The van der Waals surface area contributed by atoms with E-state index in [-0.39, 0.29) is 0 Å². The summed E-state index contributed by atoms with van der Waals surface area (Å²) < 4.78 is 4.10. The van der Waals surface area contributed by atoms with Crippen LogP contribution in [0, 0.1) is 0 Å². The summed E-state index contributed by atoms with van der Waals surface area (Å²) in [5.74, 6) is 0. The van der Waals surface area contributed by atoms with Gasteiger partial charge in [0, 0.05) is 24.0 Å². The molecule has 0 radical (unpaired) electrons. The van der Waals surface area contributed by atoms with E-state index in [0.717, 1.165) is 34.3 Å². The summed E-state index contributed by atoms with van der Waals surface area (Å²) >= 11 is 0. The lowest BCUT2D eigenvalue weighted by molar-refractivity contribution is 0.732. The molecule has 2 heterocycles. The quantitative estimate of drug-likeness (QED) is 0.572. The highest BCUT2D eigenvalue weighted by molar-refractivity contribution is 5.91. The maximum atomic E-state index is 6.13. The van der Waals surface area contributed by atoms with Crippen molar-refractivity contribution < 1.29 is 0 Å². The average molecular weight is 276 g/mol. The molecular formula is C17H16N4. The molecule has 2 aromatic carbocycles. The van der Waals surface area contributed by atoms with E-state index in [1.807, 2.05) is 29.9 Å². The Labute approximate surface area is 122 Å². The van der Waals surface area contributed by atoms with Gasteiger partial charge in [0.25, 0.3) is 0 Å². The summed E-state index contributed by atoms with van der Waals surface area (Å²) in [7, 11) is 1.98. The third-order valence-electron chi connectivity index (χ3n) is 3.97. The fraction of sp³-hybridized carbons (Fsp3) is 0.118. The van der Waals surface area contributed by atoms with Gasteiger partial charge < -0.3 is 10.3 Å². The first-order valence-corrected chi connectivity index (χ1v) is 6.98. The molecule has 0 atom stereocenters.